The highest BCUT2D eigenvalue weighted by atomic mass is 16.5. The van der Waals surface area contributed by atoms with Crippen molar-refractivity contribution in [2.24, 2.45) is 5.73 Å². The van der Waals surface area contributed by atoms with Gasteiger partial charge in [-0.05, 0) is 19.3 Å². The second kappa shape index (κ2) is 4.62. The van der Waals surface area contributed by atoms with E-state index >= 15 is 0 Å². The van der Waals surface area contributed by atoms with Crippen molar-refractivity contribution in [1.29, 1.82) is 0 Å². The van der Waals surface area contributed by atoms with Crippen LogP contribution in [0.25, 0.3) is 0 Å². The van der Waals surface area contributed by atoms with Crippen molar-refractivity contribution in [3.63, 3.8) is 0 Å². The molecule has 2 fully saturated rings. The van der Waals surface area contributed by atoms with Crippen LogP contribution in [0.3, 0.4) is 0 Å². The third kappa shape index (κ3) is 2.42. The van der Waals surface area contributed by atoms with Gasteiger partial charge in [0.15, 0.2) is 0 Å². The molecule has 0 aromatic heterocycles. The van der Waals surface area contributed by atoms with Crippen molar-refractivity contribution in [3.8, 4) is 0 Å². The lowest BCUT2D eigenvalue weighted by atomic mass is 9.90. The van der Waals surface area contributed by atoms with Crippen molar-refractivity contribution in [3.05, 3.63) is 0 Å². The summed E-state index contributed by atoms with van der Waals surface area (Å²) in [6.45, 7) is 1.69. The van der Waals surface area contributed by atoms with Crippen LogP contribution >= 0.6 is 0 Å². The molecule has 0 saturated carbocycles. The third-order valence-electron chi connectivity index (χ3n) is 3.57. The van der Waals surface area contributed by atoms with E-state index in [-0.39, 0.29) is 11.8 Å². The van der Waals surface area contributed by atoms with Gasteiger partial charge in [-0.1, -0.05) is 0 Å². The molecule has 0 radical (unpaired) electrons. The van der Waals surface area contributed by atoms with E-state index < -0.39 is 11.6 Å². The van der Waals surface area contributed by atoms with Gasteiger partial charge in [-0.3, -0.25) is 9.59 Å². The van der Waals surface area contributed by atoms with Crippen LogP contribution in [-0.2, 0) is 14.3 Å². The van der Waals surface area contributed by atoms with E-state index in [4.69, 9.17) is 10.5 Å². The Labute approximate surface area is 100 Å². The van der Waals surface area contributed by atoms with Crippen molar-refractivity contribution >= 4 is 11.8 Å². The van der Waals surface area contributed by atoms with E-state index in [1.807, 2.05) is 0 Å². The van der Waals surface area contributed by atoms with Crippen molar-refractivity contribution in [2.75, 3.05) is 26.8 Å². The van der Waals surface area contributed by atoms with Crippen molar-refractivity contribution in [2.45, 2.75) is 30.8 Å². The topological polar surface area (TPSA) is 84.7 Å². The highest BCUT2D eigenvalue weighted by molar-refractivity contribution is 5.92. The number of nitrogens with two attached hydrogens (primary N) is 1. The second-order valence-electron chi connectivity index (χ2n) is 4.84. The Kier molecular flexibility index (Phi) is 3.35. The van der Waals surface area contributed by atoms with Crippen LogP contribution in [0.2, 0.25) is 0 Å². The molecule has 1 atom stereocenters. The SMILES string of the molecule is CN1CCC(NC(=O)C2(N)CCOCC2)C1=O. The summed E-state index contributed by atoms with van der Waals surface area (Å²) in [5, 5.41) is 2.76. The summed E-state index contributed by atoms with van der Waals surface area (Å²) in [4.78, 5) is 25.4. The second-order valence-corrected chi connectivity index (χ2v) is 4.84. The Morgan fingerprint density at radius 2 is 2.18 bits per heavy atom. The van der Waals surface area contributed by atoms with Gasteiger partial charge < -0.3 is 20.7 Å². The molecule has 0 bridgehead atoms. The number of nitrogens with zero attached hydrogens (tertiary/aromatic N) is 1. The number of carbonyl (C=O) groups is 2. The molecule has 2 aliphatic heterocycles. The van der Waals surface area contributed by atoms with Gasteiger partial charge >= 0.3 is 0 Å². The first-order chi connectivity index (χ1) is 8.03. The molecular formula is C11H19N3O3. The van der Waals surface area contributed by atoms with Gasteiger partial charge in [0.2, 0.25) is 11.8 Å². The number of ether oxygens (including phenoxy) is 1. The Hall–Kier alpha value is -1.14. The maximum atomic E-state index is 12.1. The van der Waals surface area contributed by atoms with Gasteiger partial charge in [0.1, 0.15) is 6.04 Å². The molecule has 6 heteroatoms. The van der Waals surface area contributed by atoms with Crippen molar-refractivity contribution < 1.29 is 14.3 Å². The predicted octanol–water partition coefficient (Wildman–Crippen LogP) is -1.16. The fraction of sp³-hybridized carbons (Fsp3) is 0.818. The molecule has 2 aliphatic rings. The Balaban J connectivity index is 1.94. The van der Waals surface area contributed by atoms with Crippen LogP contribution < -0.4 is 11.1 Å². The lowest BCUT2D eigenvalue weighted by molar-refractivity contribution is -0.135. The zero-order valence-electron chi connectivity index (χ0n) is 10.1. The maximum absolute atomic E-state index is 12.1. The molecule has 0 aliphatic carbocycles. The van der Waals surface area contributed by atoms with E-state index in [0.717, 1.165) is 0 Å². The molecule has 2 rings (SSSR count). The average Bonchev–Trinajstić information content (AvgIpc) is 2.62. The quantitative estimate of drug-likeness (QED) is 0.639. The molecule has 0 spiro atoms. The highest BCUT2D eigenvalue weighted by Crippen LogP contribution is 2.19. The normalized spacial score (nSPS) is 28.2. The maximum Gasteiger partial charge on any atom is 0.244 e. The molecule has 17 heavy (non-hydrogen) atoms. The standard InChI is InChI=1S/C11H19N3O3/c1-14-5-2-8(9(14)15)13-10(16)11(12)3-6-17-7-4-11/h8H,2-7,12H2,1H3,(H,13,16). The van der Waals surface area contributed by atoms with E-state index in [9.17, 15) is 9.59 Å². The third-order valence-corrected chi connectivity index (χ3v) is 3.57. The summed E-state index contributed by atoms with van der Waals surface area (Å²) in [5.74, 6) is -0.261. The minimum absolute atomic E-state index is 0.0333. The smallest absolute Gasteiger partial charge is 0.244 e. The Bertz CT molecular complexity index is 326. The number of hydrogen-bond acceptors (Lipinski definition) is 4. The molecule has 6 nitrogen and oxygen atoms in total. The summed E-state index contributed by atoms with van der Waals surface area (Å²) in [7, 11) is 1.74. The molecular weight excluding hydrogens is 222 g/mol. The lowest BCUT2D eigenvalue weighted by Gasteiger charge is -2.32. The van der Waals surface area contributed by atoms with Gasteiger partial charge in [-0.25, -0.2) is 0 Å². The molecule has 3 N–H and O–H groups in total. The lowest BCUT2D eigenvalue weighted by Crippen LogP contribution is -2.59. The minimum atomic E-state index is -0.875. The number of rotatable bonds is 2. The van der Waals surface area contributed by atoms with Crippen molar-refractivity contribution in [1.82, 2.24) is 10.2 Å². The summed E-state index contributed by atoms with van der Waals surface area (Å²) >= 11 is 0. The molecule has 2 heterocycles. The van der Waals surface area contributed by atoms with Gasteiger partial charge in [0.05, 0.1) is 5.54 Å². The number of nitrogens with one attached hydrogen (secondary N) is 1. The van der Waals surface area contributed by atoms with E-state index in [0.29, 0.717) is 39.0 Å². The van der Waals surface area contributed by atoms with Crippen LogP contribution in [0.4, 0.5) is 0 Å². The van der Waals surface area contributed by atoms with Gasteiger partial charge in [0, 0.05) is 26.8 Å². The molecule has 1 unspecified atom stereocenters. The summed E-state index contributed by atoms with van der Waals surface area (Å²) in [6.07, 6.45) is 1.68. The first-order valence-electron chi connectivity index (χ1n) is 5.95. The van der Waals surface area contributed by atoms with E-state index in [2.05, 4.69) is 5.32 Å². The fourth-order valence-electron chi connectivity index (χ4n) is 2.22. The van der Waals surface area contributed by atoms with Crippen LogP contribution in [0.5, 0.6) is 0 Å². The zero-order chi connectivity index (χ0) is 12.5. The van der Waals surface area contributed by atoms with Gasteiger partial charge in [-0.2, -0.15) is 0 Å². The van der Waals surface area contributed by atoms with Gasteiger partial charge in [0.25, 0.3) is 0 Å². The Morgan fingerprint density at radius 1 is 1.53 bits per heavy atom. The van der Waals surface area contributed by atoms with E-state index in [1.165, 1.54) is 0 Å². The molecule has 2 saturated heterocycles. The van der Waals surface area contributed by atoms with E-state index in [1.54, 1.807) is 11.9 Å². The first kappa shape index (κ1) is 12.3. The number of carbonyl (C=O) groups excluding carboxylic acids is 2. The highest BCUT2D eigenvalue weighted by Gasteiger charge is 2.39. The van der Waals surface area contributed by atoms with Crippen LogP contribution in [0.15, 0.2) is 0 Å². The molecule has 0 aromatic rings. The molecule has 2 amide bonds. The van der Waals surface area contributed by atoms with Gasteiger partial charge in [-0.15, -0.1) is 0 Å². The minimum Gasteiger partial charge on any atom is -0.381 e. The zero-order valence-corrected chi connectivity index (χ0v) is 10.1. The average molecular weight is 241 g/mol. The fourth-order valence-corrected chi connectivity index (χ4v) is 2.22. The molecule has 0 aromatic carbocycles. The monoisotopic (exact) mass is 241 g/mol. The first-order valence-corrected chi connectivity index (χ1v) is 5.95. The number of likely N-dealkylation sites (tertiary alicyclic amines) is 1. The summed E-state index contributed by atoms with van der Waals surface area (Å²) in [5.41, 5.74) is 5.17. The largest absolute Gasteiger partial charge is 0.381 e. The Morgan fingerprint density at radius 3 is 2.71 bits per heavy atom. The number of likely N-dealkylation sites (N-methyl/N-ethyl adjacent to an activating group) is 1. The van der Waals surface area contributed by atoms with Crippen LogP contribution in [-0.4, -0.2) is 55.1 Å². The predicted molar refractivity (Wildman–Crippen MR) is 61.2 cm³/mol. The number of amides is 2. The van der Waals surface area contributed by atoms with Crippen LogP contribution in [0, 0.1) is 0 Å². The molecule has 96 valence electrons. The van der Waals surface area contributed by atoms with Crippen LogP contribution in [0.1, 0.15) is 19.3 Å². The number of hydrogen-bond donors (Lipinski definition) is 2. The summed E-state index contributed by atoms with van der Waals surface area (Å²) in [6, 6.07) is -0.407. The summed E-state index contributed by atoms with van der Waals surface area (Å²) < 4.78 is 5.19.